The molecular weight excluding hydrogens is 308 g/mol. The molecule has 0 amide bonds. The van der Waals surface area contributed by atoms with Gasteiger partial charge in [0.15, 0.2) is 0 Å². The Hall–Kier alpha value is -0.470. The van der Waals surface area contributed by atoms with Crippen LogP contribution < -0.4 is 0 Å². The van der Waals surface area contributed by atoms with E-state index in [-0.39, 0.29) is 11.4 Å². The predicted octanol–water partition coefficient (Wildman–Crippen LogP) is 1.37. The average molecular weight is 330 g/mol. The Morgan fingerprint density at radius 2 is 2.10 bits per heavy atom. The molecule has 0 N–H and O–H groups in total. The second-order valence-electron chi connectivity index (χ2n) is 5.70. The van der Waals surface area contributed by atoms with Crippen LogP contribution in [0.25, 0.3) is 0 Å². The summed E-state index contributed by atoms with van der Waals surface area (Å²) in [6, 6.07) is 4.19. The third kappa shape index (κ3) is 3.32. The lowest BCUT2D eigenvalue weighted by Gasteiger charge is -2.35. The first-order valence-electron chi connectivity index (χ1n) is 7.42. The summed E-state index contributed by atoms with van der Waals surface area (Å²) in [6.07, 6.45) is 0.443. The second kappa shape index (κ2) is 6.34. The standard InChI is InChI=1S/C14H22N2O3S2/c1-12-14(4-9-19-12)21(17,18)16-7-5-15(6-8-16)11-13-3-2-10-20-13/h2-3,10,12,14H,4-9,11H2,1H3/t12-,14+/m0/s1. The maximum Gasteiger partial charge on any atom is 0.219 e. The van der Waals surface area contributed by atoms with Crippen LogP contribution in [0.15, 0.2) is 17.5 Å². The van der Waals surface area contributed by atoms with Crippen LogP contribution in [0.1, 0.15) is 18.2 Å². The highest BCUT2D eigenvalue weighted by atomic mass is 32.2. The van der Waals surface area contributed by atoms with Crippen molar-refractivity contribution in [3.63, 3.8) is 0 Å². The molecule has 1 aromatic heterocycles. The summed E-state index contributed by atoms with van der Waals surface area (Å²) in [5, 5.41) is 1.72. The molecule has 3 heterocycles. The van der Waals surface area contributed by atoms with Crippen LogP contribution in [0.5, 0.6) is 0 Å². The third-order valence-electron chi connectivity index (χ3n) is 4.34. The average Bonchev–Trinajstić information content (AvgIpc) is 3.11. The molecule has 7 heteroatoms. The van der Waals surface area contributed by atoms with E-state index in [1.165, 1.54) is 4.88 Å². The van der Waals surface area contributed by atoms with Gasteiger partial charge in [0.25, 0.3) is 0 Å². The highest BCUT2D eigenvalue weighted by Gasteiger charge is 2.40. The SMILES string of the molecule is C[C@@H]1OCC[C@H]1S(=O)(=O)N1CCN(Cc2cccs2)CC1. The van der Waals surface area contributed by atoms with Crippen molar-refractivity contribution in [2.45, 2.75) is 31.2 Å². The Labute approximate surface area is 130 Å². The lowest BCUT2D eigenvalue weighted by Crippen LogP contribution is -2.51. The molecule has 2 aliphatic heterocycles. The van der Waals surface area contributed by atoms with Gasteiger partial charge in [-0.05, 0) is 24.8 Å². The van der Waals surface area contributed by atoms with Crippen molar-refractivity contribution in [3.05, 3.63) is 22.4 Å². The topological polar surface area (TPSA) is 49.9 Å². The van der Waals surface area contributed by atoms with Gasteiger partial charge < -0.3 is 4.74 Å². The lowest BCUT2D eigenvalue weighted by molar-refractivity contribution is 0.124. The number of hydrogen-bond donors (Lipinski definition) is 0. The summed E-state index contributed by atoms with van der Waals surface area (Å²) in [7, 11) is -3.21. The normalized spacial score (nSPS) is 29.0. The minimum Gasteiger partial charge on any atom is -0.377 e. The van der Waals surface area contributed by atoms with Gasteiger partial charge in [0.2, 0.25) is 10.0 Å². The predicted molar refractivity (Wildman–Crippen MR) is 83.9 cm³/mol. The molecule has 0 aliphatic carbocycles. The molecule has 0 aromatic carbocycles. The molecule has 0 unspecified atom stereocenters. The molecule has 0 bridgehead atoms. The molecule has 21 heavy (non-hydrogen) atoms. The van der Waals surface area contributed by atoms with Crippen molar-refractivity contribution in [3.8, 4) is 0 Å². The number of rotatable bonds is 4. The van der Waals surface area contributed by atoms with Gasteiger partial charge in [0, 0.05) is 44.2 Å². The summed E-state index contributed by atoms with van der Waals surface area (Å²) in [6.45, 7) is 6.15. The Balaban J connectivity index is 1.57. The summed E-state index contributed by atoms with van der Waals surface area (Å²) in [5.74, 6) is 0. The zero-order chi connectivity index (χ0) is 14.9. The summed E-state index contributed by atoms with van der Waals surface area (Å²) < 4.78 is 32.4. The van der Waals surface area contributed by atoms with Crippen molar-refractivity contribution < 1.29 is 13.2 Å². The van der Waals surface area contributed by atoms with Crippen LogP contribution in [-0.4, -0.2) is 61.8 Å². The number of sulfonamides is 1. The fourth-order valence-corrected chi connectivity index (χ4v) is 5.82. The number of thiophene rings is 1. The summed E-state index contributed by atoms with van der Waals surface area (Å²) in [4.78, 5) is 3.66. The van der Waals surface area contributed by atoms with Crippen molar-refractivity contribution >= 4 is 21.4 Å². The van der Waals surface area contributed by atoms with E-state index >= 15 is 0 Å². The first kappa shape index (κ1) is 15.4. The first-order valence-corrected chi connectivity index (χ1v) is 9.81. The molecule has 0 spiro atoms. The molecule has 2 saturated heterocycles. The van der Waals surface area contributed by atoms with Gasteiger partial charge in [-0.25, -0.2) is 8.42 Å². The fourth-order valence-electron chi connectivity index (χ4n) is 3.06. The Morgan fingerprint density at radius 1 is 1.33 bits per heavy atom. The van der Waals surface area contributed by atoms with E-state index in [0.717, 1.165) is 19.6 Å². The molecule has 5 nitrogen and oxygen atoms in total. The van der Waals surface area contributed by atoms with E-state index in [1.807, 2.05) is 6.92 Å². The van der Waals surface area contributed by atoms with Crippen molar-refractivity contribution in [2.24, 2.45) is 0 Å². The van der Waals surface area contributed by atoms with Crippen LogP contribution in [0.4, 0.5) is 0 Å². The van der Waals surface area contributed by atoms with Gasteiger partial charge >= 0.3 is 0 Å². The third-order valence-corrected chi connectivity index (χ3v) is 7.67. The van der Waals surface area contributed by atoms with Crippen molar-refractivity contribution in [1.29, 1.82) is 0 Å². The van der Waals surface area contributed by atoms with Gasteiger partial charge in [-0.2, -0.15) is 4.31 Å². The fraction of sp³-hybridized carbons (Fsp3) is 0.714. The highest BCUT2D eigenvalue weighted by Crippen LogP contribution is 2.25. The quantitative estimate of drug-likeness (QED) is 0.837. The molecule has 0 radical (unpaired) electrons. The van der Waals surface area contributed by atoms with Crippen LogP contribution >= 0.6 is 11.3 Å². The maximum absolute atomic E-state index is 12.7. The van der Waals surface area contributed by atoms with Crippen LogP contribution in [0, 0.1) is 0 Å². The molecule has 118 valence electrons. The van der Waals surface area contributed by atoms with Gasteiger partial charge in [-0.1, -0.05) is 6.07 Å². The molecule has 2 fully saturated rings. The molecule has 2 atom stereocenters. The zero-order valence-corrected chi connectivity index (χ0v) is 13.9. The highest BCUT2D eigenvalue weighted by molar-refractivity contribution is 7.89. The van der Waals surface area contributed by atoms with E-state index in [1.54, 1.807) is 15.6 Å². The Bertz CT molecular complexity index is 551. The molecular formula is C14H22N2O3S2. The molecule has 3 rings (SSSR count). The Morgan fingerprint density at radius 3 is 2.67 bits per heavy atom. The van der Waals surface area contributed by atoms with E-state index in [4.69, 9.17) is 4.74 Å². The minimum atomic E-state index is -3.21. The zero-order valence-electron chi connectivity index (χ0n) is 12.3. The number of piperazine rings is 1. The van der Waals surface area contributed by atoms with Crippen LogP contribution in [0.2, 0.25) is 0 Å². The second-order valence-corrected chi connectivity index (χ2v) is 8.89. The number of ether oxygens (including phenoxy) is 1. The van der Waals surface area contributed by atoms with E-state index < -0.39 is 10.0 Å². The van der Waals surface area contributed by atoms with Crippen LogP contribution in [0.3, 0.4) is 0 Å². The lowest BCUT2D eigenvalue weighted by atomic mass is 10.3. The van der Waals surface area contributed by atoms with Gasteiger partial charge in [-0.15, -0.1) is 11.3 Å². The Kier molecular flexibility index (Phi) is 4.66. The van der Waals surface area contributed by atoms with Crippen molar-refractivity contribution in [1.82, 2.24) is 9.21 Å². The van der Waals surface area contributed by atoms with Gasteiger partial charge in [0.05, 0.1) is 6.10 Å². The molecule has 1 aromatic rings. The minimum absolute atomic E-state index is 0.181. The van der Waals surface area contributed by atoms with E-state index in [9.17, 15) is 8.42 Å². The van der Waals surface area contributed by atoms with E-state index in [0.29, 0.717) is 26.1 Å². The smallest absolute Gasteiger partial charge is 0.219 e. The van der Waals surface area contributed by atoms with Crippen LogP contribution in [-0.2, 0) is 21.3 Å². The monoisotopic (exact) mass is 330 g/mol. The van der Waals surface area contributed by atoms with Crippen molar-refractivity contribution in [2.75, 3.05) is 32.8 Å². The number of nitrogens with zero attached hydrogens (tertiary/aromatic N) is 2. The molecule has 0 saturated carbocycles. The summed E-state index contributed by atoms with van der Waals surface area (Å²) >= 11 is 1.75. The summed E-state index contributed by atoms with van der Waals surface area (Å²) in [5.41, 5.74) is 0. The largest absolute Gasteiger partial charge is 0.377 e. The number of hydrogen-bond acceptors (Lipinski definition) is 5. The maximum atomic E-state index is 12.7. The first-order chi connectivity index (χ1) is 10.1. The van der Waals surface area contributed by atoms with Gasteiger partial charge in [0.1, 0.15) is 5.25 Å². The van der Waals surface area contributed by atoms with E-state index in [2.05, 4.69) is 22.4 Å². The van der Waals surface area contributed by atoms with Gasteiger partial charge in [-0.3, -0.25) is 4.90 Å². The molecule has 2 aliphatic rings.